The monoisotopic (exact) mass is 243 g/mol. The van der Waals surface area contributed by atoms with Gasteiger partial charge in [-0.15, -0.1) is 0 Å². The van der Waals surface area contributed by atoms with Crippen LogP contribution in [0.2, 0.25) is 0 Å². The van der Waals surface area contributed by atoms with Crippen LogP contribution in [0.5, 0.6) is 0 Å². The van der Waals surface area contributed by atoms with Crippen molar-refractivity contribution in [2.75, 3.05) is 0 Å². The van der Waals surface area contributed by atoms with Crippen LogP contribution < -0.4 is 5.73 Å². The van der Waals surface area contributed by atoms with Crippen molar-refractivity contribution in [3.05, 3.63) is 12.2 Å². The lowest BCUT2D eigenvalue weighted by molar-refractivity contribution is -0.142. The number of amides is 1. The van der Waals surface area contributed by atoms with Crippen molar-refractivity contribution in [2.24, 2.45) is 11.7 Å². The summed E-state index contributed by atoms with van der Waals surface area (Å²) in [5, 5.41) is 8.83. The number of aliphatic carboxylic acids is 1. The Morgan fingerprint density at radius 3 is 2.53 bits per heavy atom. The second-order valence-corrected chi connectivity index (χ2v) is 3.61. The number of hydrogen-bond acceptors (Lipinski definition) is 3. The second-order valence-electron chi connectivity index (χ2n) is 3.61. The van der Waals surface area contributed by atoms with Gasteiger partial charge in [0, 0.05) is 0 Å². The van der Waals surface area contributed by atoms with Crippen LogP contribution in [0.4, 0.5) is 4.79 Å². The summed E-state index contributed by atoms with van der Waals surface area (Å²) in [7, 11) is 0. The minimum atomic E-state index is -0.792. The third-order valence-electron chi connectivity index (χ3n) is 2.43. The number of hydrogen-bond donors (Lipinski definition) is 2. The summed E-state index contributed by atoms with van der Waals surface area (Å²) >= 11 is 0. The first-order valence-corrected chi connectivity index (χ1v) is 5.95. The molecule has 3 N–H and O–H groups in total. The molecule has 0 aliphatic heterocycles. The molecule has 5 heteroatoms. The minimum absolute atomic E-state index is 0.308. The van der Waals surface area contributed by atoms with Crippen LogP contribution in [-0.4, -0.2) is 23.3 Å². The van der Waals surface area contributed by atoms with Crippen LogP contribution in [0.25, 0.3) is 0 Å². The zero-order valence-electron chi connectivity index (χ0n) is 10.4. The highest BCUT2D eigenvalue weighted by Crippen LogP contribution is 2.19. The van der Waals surface area contributed by atoms with Crippen molar-refractivity contribution in [2.45, 2.75) is 45.6 Å². The van der Waals surface area contributed by atoms with Gasteiger partial charge in [-0.25, -0.2) is 4.79 Å². The number of rotatable bonds is 2. The van der Waals surface area contributed by atoms with E-state index in [1.807, 2.05) is 13.8 Å². The molecule has 2 atom stereocenters. The molecular formula is C12H21NO4. The SMILES string of the molecule is CC.NC(=O)OC1/C=C/CC(C(=O)O)CCC1. The molecule has 1 aliphatic carbocycles. The summed E-state index contributed by atoms with van der Waals surface area (Å²) in [6.45, 7) is 4.00. The molecule has 2 unspecified atom stereocenters. The normalized spacial score (nSPS) is 25.5. The molecule has 98 valence electrons. The van der Waals surface area contributed by atoms with Crippen LogP contribution >= 0.6 is 0 Å². The van der Waals surface area contributed by atoms with Gasteiger partial charge >= 0.3 is 12.1 Å². The molecule has 5 nitrogen and oxygen atoms in total. The van der Waals surface area contributed by atoms with Crippen LogP contribution in [-0.2, 0) is 9.53 Å². The van der Waals surface area contributed by atoms with Crippen LogP contribution in [0.1, 0.15) is 39.5 Å². The van der Waals surface area contributed by atoms with E-state index in [0.29, 0.717) is 19.3 Å². The number of carboxylic acids is 1. The summed E-state index contributed by atoms with van der Waals surface area (Å²) < 4.78 is 4.83. The standard InChI is InChI=1S/C10H15NO4.C2H6/c11-10(14)15-8-5-1-3-7(9(12)13)4-2-6-8;1-2/h1,5,7-8H,2-4,6H2,(H2,11,14)(H,12,13);1-2H3/b5-1+;. The molecule has 1 amide bonds. The van der Waals surface area contributed by atoms with Crippen LogP contribution in [0.3, 0.4) is 0 Å². The third-order valence-corrected chi connectivity index (χ3v) is 2.43. The van der Waals surface area contributed by atoms with E-state index >= 15 is 0 Å². The first kappa shape index (κ1) is 15.5. The highest BCUT2D eigenvalue weighted by molar-refractivity contribution is 5.70. The number of nitrogens with two attached hydrogens (primary N) is 1. The van der Waals surface area contributed by atoms with Gasteiger partial charge in [0.2, 0.25) is 0 Å². The Hall–Kier alpha value is -1.52. The fourth-order valence-corrected chi connectivity index (χ4v) is 1.65. The van der Waals surface area contributed by atoms with Gasteiger partial charge in [0.05, 0.1) is 5.92 Å². The summed E-state index contributed by atoms with van der Waals surface area (Å²) in [6, 6.07) is 0. The molecule has 17 heavy (non-hydrogen) atoms. The molecule has 0 bridgehead atoms. The lowest BCUT2D eigenvalue weighted by Crippen LogP contribution is -2.23. The summed E-state index contributed by atoms with van der Waals surface area (Å²) in [4.78, 5) is 21.2. The highest BCUT2D eigenvalue weighted by atomic mass is 16.6. The minimum Gasteiger partial charge on any atom is -0.481 e. The van der Waals surface area contributed by atoms with E-state index in [-0.39, 0.29) is 12.0 Å². The number of primary amides is 1. The molecule has 0 saturated heterocycles. The lowest BCUT2D eigenvalue weighted by atomic mass is 9.94. The van der Waals surface area contributed by atoms with Gasteiger partial charge in [0.25, 0.3) is 0 Å². The number of carboxylic acid groups (broad SMARTS) is 1. The van der Waals surface area contributed by atoms with Crippen molar-refractivity contribution in [3.8, 4) is 0 Å². The zero-order chi connectivity index (χ0) is 13.3. The molecule has 0 aromatic rings. The molecule has 0 saturated carbocycles. The largest absolute Gasteiger partial charge is 0.481 e. The Labute approximate surface area is 102 Å². The van der Waals surface area contributed by atoms with Crippen LogP contribution in [0.15, 0.2) is 12.2 Å². The van der Waals surface area contributed by atoms with Crippen molar-refractivity contribution in [1.29, 1.82) is 0 Å². The highest BCUT2D eigenvalue weighted by Gasteiger charge is 2.19. The van der Waals surface area contributed by atoms with Gasteiger partial charge in [0.1, 0.15) is 6.10 Å². The number of ether oxygens (including phenoxy) is 1. The maximum absolute atomic E-state index is 10.7. The lowest BCUT2D eigenvalue weighted by Gasteiger charge is -2.17. The van der Waals surface area contributed by atoms with Gasteiger partial charge in [-0.2, -0.15) is 0 Å². The van der Waals surface area contributed by atoms with E-state index in [1.54, 1.807) is 12.2 Å². The van der Waals surface area contributed by atoms with E-state index in [2.05, 4.69) is 0 Å². The molecule has 0 radical (unpaired) electrons. The summed E-state index contributed by atoms with van der Waals surface area (Å²) in [5.74, 6) is -1.09. The smallest absolute Gasteiger partial charge is 0.405 e. The van der Waals surface area contributed by atoms with E-state index in [4.69, 9.17) is 15.6 Å². The van der Waals surface area contributed by atoms with Gasteiger partial charge in [0.15, 0.2) is 0 Å². The molecule has 0 fully saturated rings. The number of carbonyl (C=O) groups is 2. The third kappa shape index (κ3) is 6.60. The van der Waals surface area contributed by atoms with E-state index in [0.717, 1.165) is 6.42 Å². The summed E-state index contributed by atoms with van der Waals surface area (Å²) in [5.41, 5.74) is 4.90. The predicted molar refractivity (Wildman–Crippen MR) is 64.5 cm³/mol. The Balaban J connectivity index is 0.00000121. The molecule has 1 aliphatic rings. The average Bonchev–Trinajstić information content (AvgIpc) is 2.23. The Bertz CT molecular complexity index is 276. The maximum atomic E-state index is 10.7. The quantitative estimate of drug-likeness (QED) is 0.728. The van der Waals surface area contributed by atoms with E-state index < -0.39 is 12.1 Å². The Kier molecular flexibility index (Phi) is 7.84. The van der Waals surface area contributed by atoms with Crippen LogP contribution in [0, 0.1) is 5.92 Å². The first-order chi connectivity index (χ1) is 8.09. The topological polar surface area (TPSA) is 89.6 Å². The molecule has 0 aromatic heterocycles. The predicted octanol–water partition coefficient (Wildman–Crippen LogP) is 2.31. The molecule has 0 heterocycles. The molecule has 0 aromatic carbocycles. The average molecular weight is 243 g/mol. The number of allylic oxidation sites excluding steroid dienone is 1. The fourth-order valence-electron chi connectivity index (χ4n) is 1.65. The first-order valence-electron chi connectivity index (χ1n) is 5.95. The van der Waals surface area contributed by atoms with Crippen molar-refractivity contribution >= 4 is 12.1 Å². The van der Waals surface area contributed by atoms with Gasteiger partial charge < -0.3 is 15.6 Å². The number of carbonyl (C=O) groups excluding carboxylic acids is 1. The van der Waals surface area contributed by atoms with Gasteiger partial charge in [-0.3, -0.25) is 4.79 Å². The fraction of sp³-hybridized carbons (Fsp3) is 0.667. The Morgan fingerprint density at radius 1 is 1.35 bits per heavy atom. The molecule has 0 spiro atoms. The van der Waals surface area contributed by atoms with Crippen molar-refractivity contribution in [1.82, 2.24) is 0 Å². The van der Waals surface area contributed by atoms with E-state index in [1.165, 1.54) is 0 Å². The zero-order valence-corrected chi connectivity index (χ0v) is 10.4. The molecule has 1 rings (SSSR count). The van der Waals surface area contributed by atoms with Gasteiger partial charge in [-0.1, -0.05) is 19.9 Å². The second kappa shape index (κ2) is 8.61. The van der Waals surface area contributed by atoms with Crippen molar-refractivity contribution in [3.63, 3.8) is 0 Å². The van der Waals surface area contributed by atoms with Gasteiger partial charge in [-0.05, 0) is 31.8 Å². The van der Waals surface area contributed by atoms with Crippen molar-refractivity contribution < 1.29 is 19.4 Å². The summed E-state index contributed by atoms with van der Waals surface area (Å²) in [6.07, 6.45) is 4.79. The Morgan fingerprint density at radius 2 is 2.00 bits per heavy atom. The maximum Gasteiger partial charge on any atom is 0.405 e. The molecular weight excluding hydrogens is 222 g/mol. The van der Waals surface area contributed by atoms with E-state index in [9.17, 15) is 9.59 Å².